The van der Waals surface area contributed by atoms with E-state index in [0.717, 1.165) is 62.2 Å². The van der Waals surface area contributed by atoms with Crippen LogP contribution in [-0.2, 0) is 4.74 Å². The Kier molecular flexibility index (Phi) is 5.73. The van der Waals surface area contributed by atoms with Crippen LogP contribution in [-0.4, -0.2) is 84.8 Å². The van der Waals surface area contributed by atoms with Gasteiger partial charge in [0.05, 0.1) is 26.2 Å². The number of aromatic nitrogens is 1. The SMILES string of the molecule is O=C(CC1=Nc2c(OCCN3CCOCC3)cccc2C2=NCCN12)c1cccnc1. The molecule has 3 aliphatic heterocycles. The number of fused-ring (bicyclic) bond motifs is 3. The van der Waals surface area contributed by atoms with E-state index in [1.807, 2.05) is 23.1 Å². The van der Waals surface area contributed by atoms with Crippen LogP contribution in [0.5, 0.6) is 5.75 Å². The average Bonchev–Trinajstić information content (AvgIpc) is 3.31. The minimum Gasteiger partial charge on any atom is -0.490 e. The zero-order chi connectivity index (χ0) is 21.0. The van der Waals surface area contributed by atoms with Gasteiger partial charge < -0.3 is 14.4 Å². The van der Waals surface area contributed by atoms with E-state index in [0.29, 0.717) is 24.6 Å². The molecule has 3 aliphatic rings. The van der Waals surface area contributed by atoms with Gasteiger partial charge in [-0.05, 0) is 24.3 Å². The third kappa shape index (κ3) is 4.22. The maximum atomic E-state index is 12.8. The summed E-state index contributed by atoms with van der Waals surface area (Å²) in [4.78, 5) is 30.8. The van der Waals surface area contributed by atoms with E-state index in [-0.39, 0.29) is 12.2 Å². The second-order valence-corrected chi connectivity index (χ2v) is 7.68. The van der Waals surface area contributed by atoms with Crippen LogP contribution in [0.25, 0.3) is 0 Å². The Morgan fingerprint density at radius 2 is 2.03 bits per heavy atom. The lowest BCUT2D eigenvalue weighted by molar-refractivity contribution is 0.0323. The number of ketones is 1. The first-order chi connectivity index (χ1) is 15.3. The Hall–Kier alpha value is -3.10. The van der Waals surface area contributed by atoms with E-state index >= 15 is 0 Å². The topological polar surface area (TPSA) is 79.6 Å². The summed E-state index contributed by atoms with van der Waals surface area (Å²) < 4.78 is 11.5. The molecule has 5 rings (SSSR count). The highest BCUT2D eigenvalue weighted by atomic mass is 16.5. The van der Waals surface area contributed by atoms with Crippen LogP contribution < -0.4 is 4.74 Å². The molecular formula is C23H25N5O3. The van der Waals surface area contributed by atoms with Crippen LogP contribution in [0.3, 0.4) is 0 Å². The van der Waals surface area contributed by atoms with Gasteiger partial charge in [-0.25, -0.2) is 4.99 Å². The number of hydrogen-bond acceptors (Lipinski definition) is 8. The lowest BCUT2D eigenvalue weighted by atomic mass is 10.1. The fourth-order valence-corrected chi connectivity index (χ4v) is 4.07. The second kappa shape index (κ2) is 8.95. The average molecular weight is 419 g/mol. The number of para-hydroxylation sites is 1. The van der Waals surface area contributed by atoms with Crippen molar-refractivity contribution in [1.29, 1.82) is 0 Å². The Morgan fingerprint density at radius 1 is 1.13 bits per heavy atom. The molecule has 0 radical (unpaired) electrons. The van der Waals surface area contributed by atoms with E-state index in [4.69, 9.17) is 14.5 Å². The third-order valence-electron chi connectivity index (χ3n) is 5.70. The van der Waals surface area contributed by atoms with Crippen LogP contribution in [0.1, 0.15) is 22.3 Å². The maximum Gasteiger partial charge on any atom is 0.171 e. The van der Waals surface area contributed by atoms with Gasteiger partial charge in [-0.3, -0.25) is 19.7 Å². The summed E-state index contributed by atoms with van der Waals surface area (Å²) in [5.41, 5.74) is 2.30. The van der Waals surface area contributed by atoms with Crippen LogP contribution in [0, 0.1) is 0 Å². The molecule has 31 heavy (non-hydrogen) atoms. The number of hydrogen-bond donors (Lipinski definition) is 0. The Balaban J connectivity index is 1.37. The molecule has 8 heteroatoms. The summed E-state index contributed by atoms with van der Waals surface area (Å²) in [6.07, 6.45) is 3.46. The number of pyridine rings is 1. The van der Waals surface area contributed by atoms with Gasteiger partial charge in [-0.15, -0.1) is 0 Å². The lowest BCUT2D eigenvalue weighted by Crippen LogP contribution is -2.39. The van der Waals surface area contributed by atoms with E-state index in [2.05, 4.69) is 14.9 Å². The molecule has 8 nitrogen and oxygen atoms in total. The highest BCUT2D eigenvalue weighted by Gasteiger charge is 2.32. The number of carbonyl (C=O) groups excluding carboxylic acids is 1. The minimum atomic E-state index is -0.00716. The van der Waals surface area contributed by atoms with Crippen molar-refractivity contribution in [1.82, 2.24) is 14.8 Å². The zero-order valence-electron chi connectivity index (χ0n) is 17.4. The largest absolute Gasteiger partial charge is 0.490 e. The number of nitrogens with zero attached hydrogens (tertiary/aromatic N) is 5. The van der Waals surface area contributed by atoms with Gasteiger partial charge in [0.25, 0.3) is 0 Å². The number of rotatable bonds is 7. The predicted molar refractivity (Wildman–Crippen MR) is 118 cm³/mol. The van der Waals surface area contributed by atoms with E-state index in [1.165, 1.54) is 0 Å². The van der Waals surface area contributed by atoms with Gasteiger partial charge in [0.15, 0.2) is 5.78 Å². The minimum absolute atomic E-state index is 0.00716. The van der Waals surface area contributed by atoms with Gasteiger partial charge in [0.2, 0.25) is 0 Å². The van der Waals surface area contributed by atoms with Crippen molar-refractivity contribution in [3.63, 3.8) is 0 Å². The molecule has 1 aromatic heterocycles. The summed E-state index contributed by atoms with van der Waals surface area (Å²) in [5.74, 6) is 2.30. The van der Waals surface area contributed by atoms with Crippen LogP contribution in [0.2, 0.25) is 0 Å². The molecule has 0 bridgehead atoms. The molecule has 0 N–H and O–H groups in total. The van der Waals surface area contributed by atoms with Crippen molar-refractivity contribution in [2.24, 2.45) is 9.98 Å². The molecule has 1 aromatic carbocycles. The summed E-state index contributed by atoms with van der Waals surface area (Å²) in [7, 11) is 0. The van der Waals surface area contributed by atoms with Crippen LogP contribution in [0.15, 0.2) is 52.7 Å². The number of morpholine rings is 1. The van der Waals surface area contributed by atoms with Crippen molar-refractivity contribution in [2.45, 2.75) is 6.42 Å². The smallest absolute Gasteiger partial charge is 0.171 e. The Labute approximate surface area is 181 Å². The summed E-state index contributed by atoms with van der Waals surface area (Å²) in [5, 5.41) is 0. The zero-order valence-corrected chi connectivity index (χ0v) is 17.4. The van der Waals surface area contributed by atoms with Gasteiger partial charge in [-0.1, -0.05) is 6.07 Å². The molecule has 2 aromatic rings. The molecule has 0 amide bonds. The Bertz CT molecular complexity index is 1020. The normalized spacial score (nSPS) is 18.1. The number of carbonyl (C=O) groups is 1. The molecule has 0 aliphatic carbocycles. The summed E-state index contributed by atoms with van der Waals surface area (Å²) in [6.45, 7) is 6.25. The fraction of sp³-hybridized carbons (Fsp3) is 0.391. The number of aliphatic imine (C=N–C) groups is 2. The molecule has 0 spiro atoms. The Morgan fingerprint density at radius 3 is 2.87 bits per heavy atom. The van der Waals surface area contributed by atoms with E-state index < -0.39 is 0 Å². The maximum absolute atomic E-state index is 12.8. The second-order valence-electron chi connectivity index (χ2n) is 7.68. The molecule has 0 unspecified atom stereocenters. The highest BCUT2D eigenvalue weighted by Crippen LogP contribution is 2.37. The molecule has 0 atom stereocenters. The van der Waals surface area contributed by atoms with Gasteiger partial charge in [0, 0.05) is 49.7 Å². The van der Waals surface area contributed by atoms with Crippen molar-refractivity contribution >= 4 is 23.1 Å². The monoisotopic (exact) mass is 419 g/mol. The standard InChI is InChI=1S/C23H25N5O3/c29-19(17-3-2-6-24-16-17)15-21-26-22-18(23-25-7-8-28(21)23)4-1-5-20(22)31-14-11-27-9-12-30-13-10-27/h1-6,16H,7-15H2. The lowest BCUT2D eigenvalue weighted by Gasteiger charge is -2.29. The summed E-state index contributed by atoms with van der Waals surface area (Å²) >= 11 is 0. The summed E-state index contributed by atoms with van der Waals surface area (Å²) in [6, 6.07) is 9.49. The van der Waals surface area contributed by atoms with Crippen molar-refractivity contribution in [2.75, 3.05) is 52.5 Å². The molecule has 160 valence electrons. The highest BCUT2D eigenvalue weighted by molar-refractivity contribution is 6.21. The first kappa shape index (κ1) is 19.8. The van der Waals surface area contributed by atoms with Gasteiger partial charge in [-0.2, -0.15) is 0 Å². The predicted octanol–water partition coefficient (Wildman–Crippen LogP) is 2.17. The molecule has 0 saturated carbocycles. The molecule has 1 saturated heterocycles. The number of amidine groups is 2. The fourth-order valence-electron chi connectivity index (χ4n) is 4.07. The molecular weight excluding hydrogens is 394 g/mol. The molecule has 1 fully saturated rings. The van der Waals surface area contributed by atoms with Gasteiger partial charge >= 0.3 is 0 Å². The third-order valence-corrected chi connectivity index (χ3v) is 5.70. The van der Waals surface area contributed by atoms with Crippen molar-refractivity contribution in [3.05, 3.63) is 53.9 Å². The number of ether oxygens (including phenoxy) is 2. The molecule has 4 heterocycles. The first-order valence-corrected chi connectivity index (χ1v) is 10.7. The number of benzene rings is 1. The quantitative estimate of drug-likeness (QED) is 0.640. The van der Waals surface area contributed by atoms with E-state index in [9.17, 15) is 4.79 Å². The van der Waals surface area contributed by atoms with Crippen molar-refractivity contribution < 1.29 is 14.3 Å². The van der Waals surface area contributed by atoms with Crippen LogP contribution >= 0.6 is 0 Å². The van der Waals surface area contributed by atoms with Crippen LogP contribution in [0.4, 0.5) is 5.69 Å². The van der Waals surface area contributed by atoms with Crippen molar-refractivity contribution in [3.8, 4) is 5.75 Å². The van der Waals surface area contributed by atoms with E-state index in [1.54, 1.807) is 24.5 Å². The van der Waals surface area contributed by atoms with Gasteiger partial charge in [0.1, 0.15) is 29.7 Å². The first-order valence-electron chi connectivity index (χ1n) is 10.7. The number of Topliss-reactive ketones (excluding diaryl/α,β-unsaturated/α-hetero) is 1.